The summed E-state index contributed by atoms with van der Waals surface area (Å²) < 4.78 is 0. The van der Waals surface area contributed by atoms with Gasteiger partial charge in [-0.15, -0.1) is 0 Å². The van der Waals surface area contributed by atoms with E-state index in [-0.39, 0.29) is 39.6 Å². The molecule has 0 radical (unpaired) electrons. The first-order chi connectivity index (χ1) is 18.2. The van der Waals surface area contributed by atoms with Gasteiger partial charge < -0.3 is 10.2 Å². The van der Waals surface area contributed by atoms with Gasteiger partial charge in [0.25, 0.3) is 0 Å². The number of thioether (sulfide) groups is 1. The van der Waals surface area contributed by atoms with Crippen LogP contribution in [0.3, 0.4) is 0 Å². The lowest BCUT2D eigenvalue weighted by molar-refractivity contribution is -0.171. The molecule has 0 aliphatic heterocycles. The van der Waals surface area contributed by atoms with Gasteiger partial charge in [-0.2, -0.15) is 5.10 Å². The fourth-order valence-corrected chi connectivity index (χ4v) is 11.7. The Balaban J connectivity index is 1.33. The van der Waals surface area contributed by atoms with Crippen molar-refractivity contribution in [2.45, 2.75) is 108 Å². The van der Waals surface area contributed by atoms with E-state index in [1.807, 2.05) is 0 Å². The molecule has 0 amide bonds. The summed E-state index contributed by atoms with van der Waals surface area (Å²) in [4.78, 5) is 18.8. The molecule has 0 saturated heterocycles. The van der Waals surface area contributed by atoms with Crippen LogP contribution in [0.25, 0.3) is 0 Å². The second kappa shape index (κ2) is 8.53. The van der Waals surface area contributed by atoms with Crippen molar-refractivity contribution in [3.63, 3.8) is 0 Å². The molecule has 0 aromatic carbocycles. The lowest BCUT2D eigenvalue weighted by atomic mass is 9.32. The van der Waals surface area contributed by atoms with Crippen LogP contribution in [0.4, 0.5) is 0 Å². The highest BCUT2D eigenvalue weighted by atomic mass is 32.2. The molecule has 206 valence electrons. The molecule has 38 heavy (non-hydrogen) atoms. The summed E-state index contributed by atoms with van der Waals surface area (Å²) in [6.45, 7) is 4.78. The normalized spacial score (nSPS) is 47.8. The monoisotopic (exact) mass is 537 g/mol. The van der Waals surface area contributed by atoms with Crippen LogP contribution >= 0.6 is 11.8 Å². The number of ketones is 1. The maximum Gasteiger partial charge on any atom is 0.183 e. The van der Waals surface area contributed by atoms with Crippen LogP contribution in [0.1, 0.15) is 90.9 Å². The van der Waals surface area contributed by atoms with Crippen molar-refractivity contribution in [3.05, 3.63) is 30.1 Å². The van der Waals surface area contributed by atoms with E-state index in [2.05, 4.69) is 47.3 Å². The van der Waals surface area contributed by atoms with Gasteiger partial charge in [-0.25, -0.2) is 4.98 Å². The zero-order chi connectivity index (χ0) is 26.4. The Bertz CT molecular complexity index is 1180. The average Bonchev–Trinajstić information content (AvgIpc) is 3.54. The molecule has 4 saturated carbocycles. The summed E-state index contributed by atoms with van der Waals surface area (Å²) in [5.41, 5.74) is -0.560. The zero-order valence-electron chi connectivity index (χ0n) is 22.9. The number of H-pyrrole nitrogens is 1. The Morgan fingerprint density at radius 1 is 1.03 bits per heavy atom. The molecule has 7 aliphatic rings. The van der Waals surface area contributed by atoms with E-state index in [4.69, 9.17) is 0 Å². The van der Waals surface area contributed by atoms with Crippen molar-refractivity contribution in [1.29, 1.82) is 0 Å². The Hall–Kier alpha value is -1.44. The molecular formula is C31H43N3O3S. The first-order valence-electron chi connectivity index (χ1n) is 15.0. The smallest absolute Gasteiger partial charge is 0.183 e. The topological polar surface area (TPSA) is 99.1 Å². The number of carbonyl (C=O) groups is 1. The molecule has 1 unspecified atom stereocenters. The van der Waals surface area contributed by atoms with Crippen molar-refractivity contribution in [1.82, 2.24) is 15.2 Å². The maximum absolute atomic E-state index is 14.5. The maximum atomic E-state index is 14.5. The van der Waals surface area contributed by atoms with Crippen LogP contribution < -0.4 is 0 Å². The van der Waals surface area contributed by atoms with Crippen molar-refractivity contribution < 1.29 is 15.0 Å². The molecule has 1 aromatic heterocycles. The Morgan fingerprint density at radius 3 is 2.53 bits per heavy atom. The van der Waals surface area contributed by atoms with E-state index >= 15 is 0 Å². The van der Waals surface area contributed by atoms with Gasteiger partial charge in [0.2, 0.25) is 0 Å². The molecular weight excluding hydrogens is 494 g/mol. The molecule has 1 aromatic rings. The van der Waals surface area contributed by atoms with Crippen LogP contribution in [-0.2, 0) is 4.79 Å². The number of Topliss-reactive ketones (excluding diaryl/α,β-unsaturated/α-hetero) is 1. The van der Waals surface area contributed by atoms with E-state index in [1.54, 1.807) is 11.8 Å². The Morgan fingerprint density at radius 2 is 1.76 bits per heavy atom. The molecule has 8 rings (SSSR count). The minimum Gasteiger partial charge on any atom is -0.393 e. The standard InChI is InChI=1S/C31H43N3O3S/c1-27-11-8-21(35)16-29(27)14-15-31(22(17-29)25(36)20-6-4-3-5-7-20)23(27)9-12-28(2)24(31)10-13-30(28,37)18-38-26-32-19-33-34-26/h14-15,17,19-21,23-24,35,37H,3-13,16,18H2,1-2H3,(H,32,33,34)/t21?,23-,24-,27-,28+,29+,30-,31-/m1/s1. The van der Waals surface area contributed by atoms with Crippen molar-refractivity contribution in [2.75, 3.05) is 5.75 Å². The predicted molar refractivity (Wildman–Crippen MR) is 147 cm³/mol. The highest BCUT2D eigenvalue weighted by Gasteiger charge is 2.74. The van der Waals surface area contributed by atoms with Gasteiger partial charge in [0.05, 0.1) is 11.7 Å². The van der Waals surface area contributed by atoms with Gasteiger partial charge in [-0.05, 0) is 75.0 Å². The molecule has 8 atom stereocenters. The van der Waals surface area contributed by atoms with E-state index in [1.165, 1.54) is 12.7 Å². The van der Waals surface area contributed by atoms with Crippen LogP contribution in [0.5, 0.6) is 0 Å². The third-order valence-electron chi connectivity index (χ3n) is 12.8. The van der Waals surface area contributed by atoms with Crippen LogP contribution in [-0.4, -0.2) is 48.6 Å². The number of hydrogen-bond donors (Lipinski definition) is 3. The number of nitrogens with zero attached hydrogens (tertiary/aromatic N) is 2. The molecule has 7 aliphatic carbocycles. The van der Waals surface area contributed by atoms with Crippen molar-refractivity contribution in [2.24, 2.45) is 39.4 Å². The number of aliphatic hydroxyl groups is 2. The number of carbonyl (C=O) groups excluding carboxylic acids is 1. The minimum atomic E-state index is -0.822. The molecule has 6 nitrogen and oxygen atoms in total. The minimum absolute atomic E-state index is 0.0357. The number of rotatable bonds is 5. The first-order valence-corrected chi connectivity index (χ1v) is 16.0. The van der Waals surface area contributed by atoms with Gasteiger partial charge in [-0.1, -0.05) is 63.1 Å². The fraction of sp³-hybridized carbons (Fsp3) is 0.774. The second-order valence-electron chi connectivity index (χ2n) is 14.1. The van der Waals surface area contributed by atoms with Crippen LogP contribution in [0.2, 0.25) is 0 Å². The molecule has 3 N–H and O–H groups in total. The van der Waals surface area contributed by atoms with Gasteiger partial charge in [0, 0.05) is 33.5 Å². The second-order valence-corrected chi connectivity index (χ2v) is 15.1. The average molecular weight is 538 g/mol. The lowest BCUT2D eigenvalue weighted by Gasteiger charge is -2.71. The molecule has 7 heteroatoms. The van der Waals surface area contributed by atoms with Crippen LogP contribution in [0.15, 0.2) is 35.3 Å². The van der Waals surface area contributed by atoms with Crippen molar-refractivity contribution >= 4 is 17.5 Å². The van der Waals surface area contributed by atoms with Crippen molar-refractivity contribution in [3.8, 4) is 0 Å². The molecule has 1 heterocycles. The lowest BCUT2D eigenvalue weighted by Crippen LogP contribution is -2.67. The quantitative estimate of drug-likeness (QED) is 0.332. The highest BCUT2D eigenvalue weighted by molar-refractivity contribution is 7.99. The van der Waals surface area contributed by atoms with E-state index in [0.29, 0.717) is 17.5 Å². The first kappa shape index (κ1) is 25.5. The SMILES string of the molecule is C[C@]12CC[C@H]3[C@]4(C=C[C@@]5(C=C4C(=O)C4CCCCC4)CC(O)CC[C@]35C)[C@@H]1CC[C@@]2(O)CSc1ncn[nH]1. The Kier molecular flexibility index (Phi) is 5.73. The third kappa shape index (κ3) is 3.18. The summed E-state index contributed by atoms with van der Waals surface area (Å²) in [6.07, 6.45) is 20.3. The van der Waals surface area contributed by atoms with Gasteiger partial charge in [0.1, 0.15) is 6.33 Å². The summed E-state index contributed by atoms with van der Waals surface area (Å²) >= 11 is 1.56. The highest BCUT2D eigenvalue weighted by Crippen LogP contribution is 2.78. The fourth-order valence-electron chi connectivity index (χ4n) is 10.6. The number of hydrogen-bond acceptors (Lipinski definition) is 6. The number of allylic oxidation sites excluding steroid dienone is 4. The van der Waals surface area contributed by atoms with E-state index in [9.17, 15) is 15.0 Å². The molecule has 2 bridgehead atoms. The molecule has 4 fully saturated rings. The number of aromatic nitrogens is 3. The summed E-state index contributed by atoms with van der Waals surface area (Å²) in [5, 5.41) is 30.8. The number of aromatic amines is 1. The predicted octanol–water partition coefficient (Wildman–Crippen LogP) is 5.64. The third-order valence-corrected chi connectivity index (χ3v) is 13.9. The summed E-state index contributed by atoms with van der Waals surface area (Å²) in [6, 6.07) is 0. The number of nitrogens with one attached hydrogen (secondary N) is 1. The summed E-state index contributed by atoms with van der Waals surface area (Å²) in [7, 11) is 0. The molecule has 2 spiro atoms. The van der Waals surface area contributed by atoms with E-state index < -0.39 is 5.60 Å². The number of aliphatic hydroxyl groups excluding tert-OH is 1. The zero-order valence-corrected chi connectivity index (χ0v) is 23.7. The Labute approximate surface area is 230 Å². The van der Waals surface area contributed by atoms with Gasteiger partial charge >= 0.3 is 0 Å². The van der Waals surface area contributed by atoms with Crippen LogP contribution in [0, 0.1) is 39.4 Å². The largest absolute Gasteiger partial charge is 0.393 e. The number of fused-ring (bicyclic) bond motifs is 1. The summed E-state index contributed by atoms with van der Waals surface area (Å²) in [5.74, 6) is 1.71. The van der Waals surface area contributed by atoms with Gasteiger partial charge in [-0.3, -0.25) is 9.89 Å². The van der Waals surface area contributed by atoms with Gasteiger partial charge in [0.15, 0.2) is 10.9 Å². The van der Waals surface area contributed by atoms with E-state index in [0.717, 1.165) is 81.4 Å².